The molecular weight excluding hydrogens is 454 g/mol. The summed E-state index contributed by atoms with van der Waals surface area (Å²) >= 11 is 3.49. The number of benzene rings is 1. The number of rotatable bonds is 5. The van der Waals surface area contributed by atoms with E-state index in [1.54, 1.807) is 39.1 Å². The average molecular weight is 476 g/mol. The number of hydrogen-bond donors (Lipinski definition) is 1. The molecule has 3 aromatic rings. The molecule has 30 heavy (non-hydrogen) atoms. The minimum atomic E-state index is -0.920. The van der Waals surface area contributed by atoms with Crippen LogP contribution in [0.3, 0.4) is 0 Å². The van der Waals surface area contributed by atoms with Crippen LogP contribution in [0.5, 0.6) is 0 Å². The first-order valence-corrected chi connectivity index (χ1v) is 10.0. The third-order valence-corrected chi connectivity index (χ3v) is 4.59. The molecule has 0 bridgehead atoms. The summed E-state index contributed by atoms with van der Waals surface area (Å²) in [6.07, 6.45) is 1.15. The molecule has 9 heteroatoms. The average Bonchev–Trinajstić information content (AvgIpc) is 3.11. The zero-order valence-corrected chi connectivity index (χ0v) is 18.6. The molecule has 0 aliphatic rings. The van der Waals surface area contributed by atoms with Gasteiger partial charge in [0.2, 0.25) is 5.89 Å². The smallest absolute Gasteiger partial charge is 0.408 e. The van der Waals surface area contributed by atoms with Crippen LogP contribution in [0.4, 0.5) is 4.79 Å². The third kappa shape index (κ3) is 5.35. The number of alkyl carbamates (subject to hydrolysis) is 1. The Morgan fingerprint density at radius 3 is 2.67 bits per heavy atom. The van der Waals surface area contributed by atoms with Crippen molar-refractivity contribution in [3.63, 3.8) is 0 Å². The number of aromatic nitrogens is 2. The van der Waals surface area contributed by atoms with Crippen LogP contribution in [-0.2, 0) is 20.7 Å². The molecule has 0 saturated heterocycles. The van der Waals surface area contributed by atoms with Crippen molar-refractivity contribution in [3.05, 3.63) is 46.6 Å². The van der Waals surface area contributed by atoms with Crippen molar-refractivity contribution in [1.29, 1.82) is 0 Å². The Labute approximate surface area is 182 Å². The normalized spacial score (nSPS) is 12.4. The van der Waals surface area contributed by atoms with E-state index in [-0.39, 0.29) is 6.42 Å². The minimum absolute atomic E-state index is 0.187. The van der Waals surface area contributed by atoms with Gasteiger partial charge in [-0.25, -0.2) is 14.6 Å². The fraction of sp³-hybridized carbons (Fsp3) is 0.333. The van der Waals surface area contributed by atoms with Gasteiger partial charge in [0.25, 0.3) is 0 Å². The van der Waals surface area contributed by atoms with Gasteiger partial charge in [0, 0.05) is 12.6 Å². The highest BCUT2D eigenvalue weighted by Gasteiger charge is 2.26. The number of amides is 1. The van der Waals surface area contributed by atoms with E-state index in [9.17, 15) is 9.59 Å². The predicted molar refractivity (Wildman–Crippen MR) is 114 cm³/mol. The Balaban J connectivity index is 1.86. The van der Waals surface area contributed by atoms with Gasteiger partial charge in [-0.2, -0.15) is 0 Å². The highest BCUT2D eigenvalue weighted by Crippen LogP contribution is 2.30. The minimum Gasteiger partial charge on any atom is -0.467 e. The maximum Gasteiger partial charge on any atom is 0.408 e. The first kappa shape index (κ1) is 21.8. The van der Waals surface area contributed by atoms with Crippen LogP contribution in [0.25, 0.3) is 22.7 Å². The predicted octanol–water partition coefficient (Wildman–Crippen LogP) is 4.26. The van der Waals surface area contributed by atoms with Crippen molar-refractivity contribution in [2.45, 2.75) is 38.8 Å². The number of ether oxygens (including phenoxy) is 2. The molecule has 8 nitrogen and oxygen atoms in total. The van der Waals surface area contributed by atoms with Gasteiger partial charge in [0.1, 0.15) is 22.9 Å². The van der Waals surface area contributed by atoms with E-state index >= 15 is 0 Å². The lowest BCUT2D eigenvalue weighted by Crippen LogP contribution is -2.45. The standard InChI is InChI=1S/C21H22BrN3O5/c1-21(2,3)30-20(27)25-16(19(26)28-4)11-12-9-13(22)17-15(10-12)24-18(29-17)14-7-5-6-8-23-14/h5-10,16H,11H2,1-4H3,(H,25,27). The van der Waals surface area contributed by atoms with E-state index in [4.69, 9.17) is 13.9 Å². The second-order valence-electron chi connectivity index (χ2n) is 7.59. The Morgan fingerprint density at radius 2 is 2.03 bits per heavy atom. The van der Waals surface area contributed by atoms with E-state index in [2.05, 4.69) is 31.2 Å². The summed E-state index contributed by atoms with van der Waals surface area (Å²) in [5.41, 5.74) is 1.84. The Morgan fingerprint density at radius 1 is 1.27 bits per heavy atom. The molecule has 1 amide bonds. The van der Waals surface area contributed by atoms with E-state index in [1.165, 1.54) is 7.11 Å². The van der Waals surface area contributed by atoms with Crippen molar-refractivity contribution in [2.24, 2.45) is 0 Å². The van der Waals surface area contributed by atoms with E-state index in [0.717, 1.165) is 5.56 Å². The van der Waals surface area contributed by atoms with Crippen LogP contribution >= 0.6 is 15.9 Å². The highest BCUT2D eigenvalue weighted by atomic mass is 79.9. The quantitative estimate of drug-likeness (QED) is 0.549. The molecule has 0 aliphatic carbocycles. The molecule has 1 atom stereocenters. The van der Waals surface area contributed by atoms with Crippen LogP contribution in [0.15, 0.2) is 45.4 Å². The summed E-state index contributed by atoms with van der Waals surface area (Å²) in [4.78, 5) is 33.1. The second-order valence-corrected chi connectivity index (χ2v) is 8.44. The lowest BCUT2D eigenvalue weighted by atomic mass is 10.1. The van der Waals surface area contributed by atoms with Crippen molar-refractivity contribution >= 4 is 39.1 Å². The Kier molecular flexibility index (Phi) is 6.40. The van der Waals surface area contributed by atoms with Gasteiger partial charge in [0.05, 0.1) is 11.6 Å². The summed E-state index contributed by atoms with van der Waals surface area (Å²) in [5.74, 6) is -0.189. The summed E-state index contributed by atoms with van der Waals surface area (Å²) in [6, 6.07) is 8.14. The molecule has 1 unspecified atom stereocenters. The molecule has 0 fully saturated rings. The molecular formula is C21H22BrN3O5. The third-order valence-electron chi connectivity index (χ3n) is 4.01. The Hall–Kier alpha value is -2.94. The van der Waals surface area contributed by atoms with Gasteiger partial charge in [-0.3, -0.25) is 4.98 Å². The van der Waals surface area contributed by atoms with Gasteiger partial charge >= 0.3 is 12.1 Å². The maximum atomic E-state index is 12.2. The zero-order valence-electron chi connectivity index (χ0n) is 17.1. The summed E-state index contributed by atoms with van der Waals surface area (Å²) in [7, 11) is 1.27. The molecule has 2 aromatic heterocycles. The number of methoxy groups -OCH3 is 1. The number of nitrogens with one attached hydrogen (secondary N) is 1. The SMILES string of the molecule is COC(=O)C(Cc1cc(Br)c2oc(-c3ccccn3)nc2c1)NC(=O)OC(C)(C)C. The van der Waals surface area contributed by atoms with Gasteiger partial charge in [-0.05, 0) is 66.5 Å². The van der Waals surface area contributed by atoms with Gasteiger partial charge in [0.15, 0.2) is 5.58 Å². The van der Waals surface area contributed by atoms with Crippen LogP contribution in [-0.4, -0.2) is 40.8 Å². The number of hydrogen-bond acceptors (Lipinski definition) is 7. The summed E-state index contributed by atoms with van der Waals surface area (Å²) in [6.45, 7) is 5.23. The number of oxazole rings is 1. The molecule has 1 aromatic carbocycles. The monoisotopic (exact) mass is 475 g/mol. The topological polar surface area (TPSA) is 104 Å². The first-order chi connectivity index (χ1) is 14.2. The maximum absolute atomic E-state index is 12.2. The zero-order chi connectivity index (χ0) is 21.9. The summed E-state index contributed by atoms with van der Waals surface area (Å²) in [5, 5.41) is 2.57. The molecule has 0 spiro atoms. The number of esters is 1. The largest absolute Gasteiger partial charge is 0.467 e. The number of nitrogens with zero attached hydrogens (tertiary/aromatic N) is 2. The second kappa shape index (κ2) is 8.83. The van der Waals surface area contributed by atoms with Crippen LogP contribution in [0.1, 0.15) is 26.3 Å². The van der Waals surface area contributed by atoms with Gasteiger partial charge in [-0.1, -0.05) is 6.07 Å². The molecule has 3 rings (SSSR count). The number of carbonyl (C=O) groups is 2. The van der Waals surface area contributed by atoms with E-state index < -0.39 is 23.7 Å². The lowest BCUT2D eigenvalue weighted by Gasteiger charge is -2.22. The first-order valence-electron chi connectivity index (χ1n) is 9.24. The molecule has 0 saturated carbocycles. The molecule has 0 aliphatic heterocycles. The van der Waals surface area contributed by atoms with Crippen LogP contribution in [0, 0.1) is 0 Å². The molecule has 158 valence electrons. The number of pyridine rings is 1. The van der Waals surface area contributed by atoms with Crippen molar-refractivity contribution in [2.75, 3.05) is 7.11 Å². The van der Waals surface area contributed by atoms with Crippen molar-refractivity contribution < 1.29 is 23.5 Å². The fourth-order valence-electron chi connectivity index (χ4n) is 2.78. The van der Waals surface area contributed by atoms with Gasteiger partial charge < -0.3 is 19.2 Å². The van der Waals surface area contributed by atoms with Crippen LogP contribution < -0.4 is 5.32 Å². The van der Waals surface area contributed by atoms with E-state index in [1.807, 2.05) is 18.2 Å². The number of fused-ring (bicyclic) bond motifs is 1. The number of carbonyl (C=O) groups excluding carboxylic acids is 2. The van der Waals surface area contributed by atoms with Crippen LogP contribution in [0.2, 0.25) is 0 Å². The lowest BCUT2D eigenvalue weighted by molar-refractivity contribution is -0.143. The fourth-order valence-corrected chi connectivity index (χ4v) is 3.36. The summed E-state index contributed by atoms with van der Waals surface area (Å²) < 4.78 is 16.6. The van der Waals surface area contributed by atoms with E-state index in [0.29, 0.717) is 27.2 Å². The number of halogens is 1. The Bertz CT molecular complexity index is 1060. The molecule has 1 N–H and O–H groups in total. The molecule has 2 heterocycles. The molecule has 0 radical (unpaired) electrons. The highest BCUT2D eigenvalue weighted by molar-refractivity contribution is 9.10. The van der Waals surface area contributed by atoms with Gasteiger partial charge in [-0.15, -0.1) is 0 Å². The van der Waals surface area contributed by atoms with Crippen molar-refractivity contribution in [1.82, 2.24) is 15.3 Å². The van der Waals surface area contributed by atoms with Crippen molar-refractivity contribution in [3.8, 4) is 11.6 Å².